The highest BCUT2D eigenvalue weighted by Crippen LogP contribution is 2.35. The summed E-state index contributed by atoms with van der Waals surface area (Å²) in [7, 11) is 0. The van der Waals surface area contributed by atoms with Gasteiger partial charge in [-0.25, -0.2) is 0 Å². The lowest BCUT2D eigenvalue weighted by Crippen LogP contribution is -2.41. The molecule has 2 heterocycles. The highest BCUT2D eigenvalue weighted by atomic mass is 32.1. The van der Waals surface area contributed by atoms with Crippen molar-refractivity contribution in [3.05, 3.63) is 21.9 Å². The maximum atomic E-state index is 10.1. The second kappa shape index (κ2) is 6.84. The fraction of sp³-hybridized carbons (Fsp3) is 0.733. The van der Waals surface area contributed by atoms with Crippen molar-refractivity contribution in [3.8, 4) is 0 Å². The number of fused-ring (bicyclic) bond motifs is 1. The van der Waals surface area contributed by atoms with Crippen molar-refractivity contribution in [1.29, 1.82) is 0 Å². The fourth-order valence-electron chi connectivity index (χ4n) is 2.77. The summed E-state index contributed by atoms with van der Waals surface area (Å²) in [5.41, 5.74) is 1.47. The smallest absolute Gasteiger partial charge is 0.0900 e. The standard InChI is InChI=1S/C15H25NO2S/c1-4-14-13-6-8-19-15(13)5-7-16(14)9-12(17)10-18-11(2)3/h6,8,11-12,14,17H,4-5,7,9-10H2,1-3H3/t12-,14+/m0/s1. The number of hydrogen-bond acceptors (Lipinski definition) is 4. The van der Waals surface area contributed by atoms with Gasteiger partial charge in [0.25, 0.3) is 0 Å². The molecule has 1 aliphatic heterocycles. The van der Waals surface area contributed by atoms with Crippen LogP contribution in [0, 0.1) is 0 Å². The number of thiophene rings is 1. The lowest BCUT2D eigenvalue weighted by Gasteiger charge is -2.36. The Bertz CT molecular complexity index is 391. The molecular weight excluding hydrogens is 258 g/mol. The predicted molar refractivity (Wildman–Crippen MR) is 79.7 cm³/mol. The van der Waals surface area contributed by atoms with Crippen LogP contribution in [0.1, 0.15) is 43.7 Å². The van der Waals surface area contributed by atoms with Gasteiger partial charge in [-0.1, -0.05) is 6.92 Å². The summed E-state index contributed by atoms with van der Waals surface area (Å²) >= 11 is 1.87. The Morgan fingerprint density at radius 3 is 3.00 bits per heavy atom. The molecule has 1 N–H and O–H groups in total. The first-order chi connectivity index (χ1) is 9.11. The maximum absolute atomic E-state index is 10.1. The quantitative estimate of drug-likeness (QED) is 0.871. The molecule has 0 spiro atoms. The third kappa shape index (κ3) is 3.78. The molecular formula is C15H25NO2S. The Morgan fingerprint density at radius 1 is 1.53 bits per heavy atom. The van der Waals surface area contributed by atoms with Gasteiger partial charge >= 0.3 is 0 Å². The minimum absolute atomic E-state index is 0.182. The third-order valence-corrected chi connectivity index (χ3v) is 4.66. The van der Waals surface area contributed by atoms with Crippen molar-refractivity contribution in [2.75, 3.05) is 19.7 Å². The van der Waals surface area contributed by atoms with Crippen molar-refractivity contribution in [1.82, 2.24) is 4.90 Å². The first-order valence-electron chi connectivity index (χ1n) is 7.21. The van der Waals surface area contributed by atoms with Crippen molar-refractivity contribution in [2.24, 2.45) is 0 Å². The normalized spacial score (nSPS) is 21.6. The molecule has 108 valence electrons. The molecule has 0 fully saturated rings. The third-order valence-electron chi connectivity index (χ3n) is 3.66. The number of aliphatic hydroxyl groups is 1. The number of hydrogen-bond donors (Lipinski definition) is 1. The highest BCUT2D eigenvalue weighted by Gasteiger charge is 2.28. The summed E-state index contributed by atoms with van der Waals surface area (Å²) < 4.78 is 5.49. The average Bonchev–Trinajstić information content (AvgIpc) is 2.84. The van der Waals surface area contributed by atoms with Crippen LogP contribution in [0.15, 0.2) is 11.4 Å². The summed E-state index contributed by atoms with van der Waals surface area (Å²) in [4.78, 5) is 3.93. The van der Waals surface area contributed by atoms with E-state index in [9.17, 15) is 5.11 Å². The van der Waals surface area contributed by atoms with E-state index < -0.39 is 6.10 Å². The molecule has 0 saturated heterocycles. The van der Waals surface area contributed by atoms with E-state index in [0.717, 1.165) is 19.4 Å². The molecule has 4 heteroatoms. The second-order valence-electron chi connectivity index (χ2n) is 5.50. The van der Waals surface area contributed by atoms with Gasteiger partial charge in [0.15, 0.2) is 0 Å². The zero-order chi connectivity index (χ0) is 13.8. The van der Waals surface area contributed by atoms with Gasteiger partial charge in [-0.15, -0.1) is 11.3 Å². The zero-order valence-corrected chi connectivity index (χ0v) is 12.9. The number of ether oxygens (including phenoxy) is 1. The van der Waals surface area contributed by atoms with E-state index >= 15 is 0 Å². The van der Waals surface area contributed by atoms with Crippen LogP contribution < -0.4 is 0 Å². The lowest BCUT2D eigenvalue weighted by atomic mass is 9.97. The average molecular weight is 283 g/mol. The molecule has 1 aromatic rings. The van der Waals surface area contributed by atoms with Gasteiger partial charge in [0, 0.05) is 24.0 Å². The van der Waals surface area contributed by atoms with Crippen molar-refractivity contribution < 1.29 is 9.84 Å². The van der Waals surface area contributed by atoms with Gasteiger partial charge in [-0.05, 0) is 43.7 Å². The number of β-amino-alcohol motifs (C(OH)–C–C–N with tert-alkyl or cyclic N) is 1. The molecule has 1 aliphatic rings. The van der Waals surface area contributed by atoms with E-state index in [0.29, 0.717) is 19.2 Å². The minimum Gasteiger partial charge on any atom is -0.389 e. The molecule has 0 saturated carbocycles. The van der Waals surface area contributed by atoms with E-state index in [4.69, 9.17) is 4.74 Å². The van der Waals surface area contributed by atoms with Crippen molar-refractivity contribution in [2.45, 2.75) is 51.9 Å². The topological polar surface area (TPSA) is 32.7 Å². The zero-order valence-electron chi connectivity index (χ0n) is 12.1. The van der Waals surface area contributed by atoms with Crippen LogP contribution in [0.25, 0.3) is 0 Å². The summed E-state index contributed by atoms with van der Waals surface area (Å²) in [6.07, 6.45) is 2.00. The SMILES string of the molecule is CC[C@@H]1c2ccsc2CCN1C[C@H](O)COC(C)C. The predicted octanol–water partition coefficient (Wildman–Crippen LogP) is 2.84. The first kappa shape index (κ1) is 15.0. The molecule has 3 nitrogen and oxygen atoms in total. The molecule has 0 amide bonds. The van der Waals surface area contributed by atoms with E-state index in [1.807, 2.05) is 25.2 Å². The van der Waals surface area contributed by atoms with E-state index in [-0.39, 0.29) is 6.10 Å². The maximum Gasteiger partial charge on any atom is 0.0900 e. The highest BCUT2D eigenvalue weighted by molar-refractivity contribution is 7.10. The summed E-state index contributed by atoms with van der Waals surface area (Å²) in [6, 6.07) is 2.71. The van der Waals surface area contributed by atoms with E-state index in [2.05, 4.69) is 23.3 Å². The van der Waals surface area contributed by atoms with Gasteiger partial charge in [0.1, 0.15) is 0 Å². The Morgan fingerprint density at radius 2 is 2.32 bits per heavy atom. The Labute approximate surface area is 120 Å². The van der Waals surface area contributed by atoms with E-state index in [1.54, 1.807) is 0 Å². The molecule has 0 unspecified atom stereocenters. The molecule has 0 aromatic carbocycles. The van der Waals surface area contributed by atoms with Crippen LogP contribution in [-0.2, 0) is 11.2 Å². The van der Waals surface area contributed by atoms with Crippen LogP contribution in [0.2, 0.25) is 0 Å². The second-order valence-corrected chi connectivity index (χ2v) is 6.50. The number of rotatable bonds is 6. The van der Waals surface area contributed by atoms with Crippen LogP contribution in [0.3, 0.4) is 0 Å². The van der Waals surface area contributed by atoms with Gasteiger partial charge in [-0.3, -0.25) is 4.90 Å². The molecule has 0 bridgehead atoms. The van der Waals surface area contributed by atoms with Crippen LogP contribution in [0.5, 0.6) is 0 Å². The monoisotopic (exact) mass is 283 g/mol. The largest absolute Gasteiger partial charge is 0.389 e. The van der Waals surface area contributed by atoms with Gasteiger partial charge in [0.2, 0.25) is 0 Å². The molecule has 0 aliphatic carbocycles. The van der Waals surface area contributed by atoms with E-state index in [1.165, 1.54) is 10.4 Å². The Hall–Kier alpha value is -0.420. The van der Waals surface area contributed by atoms with Crippen LogP contribution in [0.4, 0.5) is 0 Å². The lowest BCUT2D eigenvalue weighted by molar-refractivity contribution is -0.0157. The molecule has 1 aromatic heterocycles. The molecule has 2 rings (SSSR count). The van der Waals surface area contributed by atoms with Gasteiger partial charge in [0.05, 0.1) is 18.8 Å². The summed E-state index contributed by atoms with van der Waals surface area (Å²) in [5.74, 6) is 0. The summed E-state index contributed by atoms with van der Waals surface area (Å²) in [6.45, 7) is 8.41. The summed E-state index contributed by atoms with van der Waals surface area (Å²) in [5, 5.41) is 12.3. The number of aliphatic hydroxyl groups excluding tert-OH is 1. The van der Waals surface area contributed by atoms with Gasteiger partial charge in [-0.2, -0.15) is 0 Å². The Balaban J connectivity index is 1.94. The molecule has 19 heavy (non-hydrogen) atoms. The first-order valence-corrected chi connectivity index (χ1v) is 8.09. The Kier molecular flexibility index (Phi) is 5.39. The fourth-order valence-corrected chi connectivity index (χ4v) is 3.70. The molecule has 2 atom stereocenters. The van der Waals surface area contributed by atoms with Crippen LogP contribution in [-0.4, -0.2) is 41.9 Å². The number of nitrogens with zero attached hydrogens (tertiary/aromatic N) is 1. The van der Waals surface area contributed by atoms with Crippen molar-refractivity contribution >= 4 is 11.3 Å². The molecule has 0 radical (unpaired) electrons. The van der Waals surface area contributed by atoms with Gasteiger partial charge < -0.3 is 9.84 Å². The van der Waals surface area contributed by atoms with Crippen LogP contribution >= 0.6 is 11.3 Å². The minimum atomic E-state index is -0.392. The van der Waals surface area contributed by atoms with Crippen molar-refractivity contribution in [3.63, 3.8) is 0 Å².